The van der Waals surface area contributed by atoms with Crippen molar-refractivity contribution in [2.45, 2.75) is 12.3 Å². The molecular weight excluding hydrogens is 290 g/mol. The van der Waals surface area contributed by atoms with Gasteiger partial charge in [-0.15, -0.1) is 0 Å². The Balaban J connectivity index is 1.80. The maximum atomic E-state index is 12.3. The second-order valence-corrected chi connectivity index (χ2v) is 5.41. The van der Waals surface area contributed by atoms with Crippen LogP contribution < -0.4 is 0 Å². The van der Waals surface area contributed by atoms with Crippen molar-refractivity contribution in [3.63, 3.8) is 0 Å². The van der Waals surface area contributed by atoms with E-state index in [0.29, 0.717) is 11.6 Å². The zero-order valence-electron chi connectivity index (χ0n) is 9.71. The van der Waals surface area contributed by atoms with E-state index in [9.17, 15) is 4.79 Å². The molecule has 0 N–H and O–H groups in total. The summed E-state index contributed by atoms with van der Waals surface area (Å²) in [6.45, 7) is 0. The highest BCUT2D eigenvalue weighted by Crippen LogP contribution is 2.49. The fraction of sp³-hybridized carbons (Fsp3) is 0.200. The van der Waals surface area contributed by atoms with Gasteiger partial charge in [0.25, 0.3) is 0 Å². The van der Waals surface area contributed by atoms with Crippen LogP contribution in [0.25, 0.3) is 0 Å². The third-order valence-corrected chi connectivity index (χ3v) is 3.99. The van der Waals surface area contributed by atoms with Gasteiger partial charge < -0.3 is 0 Å². The molecule has 0 radical (unpaired) electrons. The predicted octanol–water partition coefficient (Wildman–Crippen LogP) is 3.83. The lowest BCUT2D eigenvalue weighted by molar-refractivity contribution is 0.0959. The number of nitrogens with zero attached hydrogens (tertiary/aromatic N) is 1. The van der Waals surface area contributed by atoms with Gasteiger partial charge in [-0.3, -0.25) is 9.78 Å². The molecule has 0 amide bonds. The molecule has 2 nitrogen and oxygen atoms in total. The van der Waals surface area contributed by atoms with E-state index >= 15 is 0 Å². The molecule has 1 saturated carbocycles. The lowest BCUT2D eigenvalue weighted by Gasteiger charge is -2.02. The number of carbonyl (C=O) groups is 1. The van der Waals surface area contributed by atoms with E-state index in [0.717, 1.165) is 10.9 Å². The number of halogens is 1. The van der Waals surface area contributed by atoms with Gasteiger partial charge in [-0.1, -0.05) is 30.3 Å². The molecule has 0 aliphatic heterocycles. The van der Waals surface area contributed by atoms with E-state index in [1.165, 1.54) is 5.56 Å². The Morgan fingerprint density at radius 3 is 2.67 bits per heavy atom. The number of hydrogen-bond acceptors (Lipinski definition) is 2. The highest BCUT2D eigenvalue weighted by molar-refractivity contribution is 9.10. The first-order valence-electron chi connectivity index (χ1n) is 5.97. The summed E-state index contributed by atoms with van der Waals surface area (Å²) in [7, 11) is 0. The predicted molar refractivity (Wildman–Crippen MR) is 73.6 cm³/mol. The number of aromatic nitrogens is 1. The molecule has 1 aromatic carbocycles. The van der Waals surface area contributed by atoms with Gasteiger partial charge in [-0.2, -0.15) is 0 Å². The summed E-state index contributed by atoms with van der Waals surface area (Å²) in [6, 6.07) is 13.9. The van der Waals surface area contributed by atoms with Crippen LogP contribution in [0.1, 0.15) is 28.4 Å². The molecule has 3 heteroatoms. The van der Waals surface area contributed by atoms with Gasteiger partial charge in [0.1, 0.15) is 5.69 Å². The summed E-state index contributed by atoms with van der Waals surface area (Å²) in [5, 5.41) is 0. The van der Waals surface area contributed by atoms with E-state index in [2.05, 4.69) is 33.0 Å². The molecule has 2 aromatic rings. The van der Waals surface area contributed by atoms with Crippen LogP contribution in [0.3, 0.4) is 0 Å². The summed E-state index contributed by atoms with van der Waals surface area (Å²) < 4.78 is 0.786. The van der Waals surface area contributed by atoms with Crippen molar-refractivity contribution in [3.05, 3.63) is 64.4 Å². The highest BCUT2D eigenvalue weighted by Gasteiger charge is 2.44. The van der Waals surface area contributed by atoms with E-state index in [1.54, 1.807) is 6.20 Å². The van der Waals surface area contributed by atoms with Crippen molar-refractivity contribution in [1.82, 2.24) is 4.98 Å². The maximum Gasteiger partial charge on any atom is 0.186 e. The molecule has 3 rings (SSSR count). The van der Waals surface area contributed by atoms with Crippen LogP contribution in [-0.2, 0) is 0 Å². The molecule has 0 bridgehead atoms. The molecule has 1 aliphatic rings. The highest BCUT2D eigenvalue weighted by atomic mass is 79.9. The second-order valence-electron chi connectivity index (χ2n) is 4.56. The van der Waals surface area contributed by atoms with Gasteiger partial charge in [-0.05, 0) is 46.0 Å². The monoisotopic (exact) mass is 301 g/mol. The van der Waals surface area contributed by atoms with Crippen molar-refractivity contribution < 1.29 is 4.79 Å². The zero-order valence-corrected chi connectivity index (χ0v) is 11.3. The first-order valence-corrected chi connectivity index (χ1v) is 6.76. The topological polar surface area (TPSA) is 30.0 Å². The number of Topliss-reactive ketones (excluding diaryl/α,β-unsaturated/α-hetero) is 1. The normalized spacial score (nSPS) is 21.6. The van der Waals surface area contributed by atoms with Crippen molar-refractivity contribution in [1.29, 1.82) is 0 Å². The lowest BCUT2D eigenvalue weighted by atomic mass is 10.1. The number of ketones is 1. The molecule has 0 spiro atoms. The maximum absolute atomic E-state index is 12.3. The summed E-state index contributed by atoms with van der Waals surface area (Å²) in [4.78, 5) is 16.5. The van der Waals surface area contributed by atoms with Crippen LogP contribution in [0.2, 0.25) is 0 Å². The Kier molecular flexibility index (Phi) is 3.00. The molecular formula is C15H12BrNO. The Labute approximate surface area is 114 Å². The third kappa shape index (κ3) is 2.10. The van der Waals surface area contributed by atoms with Crippen LogP contribution in [-0.4, -0.2) is 10.8 Å². The Morgan fingerprint density at radius 1 is 1.17 bits per heavy atom. The quantitative estimate of drug-likeness (QED) is 0.807. The minimum Gasteiger partial charge on any atom is -0.292 e. The molecule has 90 valence electrons. The third-order valence-electron chi connectivity index (χ3n) is 3.35. The van der Waals surface area contributed by atoms with E-state index in [1.807, 2.05) is 30.3 Å². The summed E-state index contributed by atoms with van der Waals surface area (Å²) in [5.74, 6) is 0.613. The van der Waals surface area contributed by atoms with Crippen LogP contribution in [0.15, 0.2) is 53.1 Å². The van der Waals surface area contributed by atoms with Crippen LogP contribution in [0, 0.1) is 5.92 Å². The first kappa shape index (κ1) is 11.6. The van der Waals surface area contributed by atoms with Gasteiger partial charge in [0.15, 0.2) is 5.78 Å². The van der Waals surface area contributed by atoms with Crippen LogP contribution in [0.5, 0.6) is 0 Å². The van der Waals surface area contributed by atoms with Gasteiger partial charge in [0, 0.05) is 16.6 Å². The summed E-state index contributed by atoms with van der Waals surface area (Å²) in [5.41, 5.74) is 1.81. The van der Waals surface area contributed by atoms with Crippen molar-refractivity contribution >= 4 is 21.7 Å². The van der Waals surface area contributed by atoms with Crippen LogP contribution in [0.4, 0.5) is 0 Å². The van der Waals surface area contributed by atoms with Gasteiger partial charge in [0.05, 0.1) is 0 Å². The number of rotatable bonds is 3. The molecule has 1 aromatic heterocycles. The minimum atomic E-state index is 0.0959. The van der Waals surface area contributed by atoms with Gasteiger partial charge >= 0.3 is 0 Å². The fourth-order valence-corrected chi connectivity index (χ4v) is 2.75. The molecule has 1 aliphatic carbocycles. The molecule has 18 heavy (non-hydrogen) atoms. The Hall–Kier alpha value is -1.48. The largest absolute Gasteiger partial charge is 0.292 e. The van der Waals surface area contributed by atoms with E-state index in [-0.39, 0.29) is 11.7 Å². The smallest absolute Gasteiger partial charge is 0.186 e. The summed E-state index contributed by atoms with van der Waals surface area (Å²) >= 11 is 3.39. The standard InChI is InChI=1S/C15H12BrNO/c16-13-7-4-8-17-14(13)15(18)12-9-11(12)10-5-2-1-3-6-10/h1-8,11-12H,9H2. The second kappa shape index (κ2) is 4.65. The van der Waals surface area contributed by atoms with Gasteiger partial charge in [0.2, 0.25) is 0 Å². The number of pyridine rings is 1. The zero-order chi connectivity index (χ0) is 12.5. The van der Waals surface area contributed by atoms with E-state index in [4.69, 9.17) is 0 Å². The van der Waals surface area contributed by atoms with Crippen molar-refractivity contribution in [2.75, 3.05) is 0 Å². The Bertz CT molecular complexity index is 582. The minimum absolute atomic E-state index is 0.0959. The Morgan fingerprint density at radius 2 is 1.94 bits per heavy atom. The average Bonchev–Trinajstić information content (AvgIpc) is 3.20. The average molecular weight is 302 g/mol. The SMILES string of the molecule is O=C(c1ncccc1Br)C1CC1c1ccccc1. The molecule has 2 atom stereocenters. The molecule has 0 saturated heterocycles. The first-order chi connectivity index (χ1) is 8.77. The van der Waals surface area contributed by atoms with Crippen molar-refractivity contribution in [2.24, 2.45) is 5.92 Å². The van der Waals surface area contributed by atoms with Crippen LogP contribution >= 0.6 is 15.9 Å². The number of carbonyl (C=O) groups excluding carboxylic acids is 1. The molecule has 1 heterocycles. The van der Waals surface area contributed by atoms with Crippen molar-refractivity contribution in [3.8, 4) is 0 Å². The molecule has 1 fully saturated rings. The van der Waals surface area contributed by atoms with Gasteiger partial charge in [-0.25, -0.2) is 0 Å². The lowest BCUT2D eigenvalue weighted by Crippen LogP contribution is -2.06. The number of benzene rings is 1. The number of hydrogen-bond donors (Lipinski definition) is 0. The molecule has 2 unspecified atom stereocenters. The summed E-state index contributed by atoms with van der Waals surface area (Å²) in [6.07, 6.45) is 2.60. The fourth-order valence-electron chi connectivity index (χ4n) is 2.30. The van der Waals surface area contributed by atoms with E-state index < -0.39 is 0 Å².